The van der Waals surface area contributed by atoms with Gasteiger partial charge in [0.2, 0.25) is 0 Å². The van der Waals surface area contributed by atoms with E-state index in [9.17, 15) is 4.79 Å². The van der Waals surface area contributed by atoms with Crippen LogP contribution in [0.15, 0.2) is 42.9 Å². The van der Waals surface area contributed by atoms with E-state index >= 15 is 0 Å². The van der Waals surface area contributed by atoms with Crippen LogP contribution in [0.25, 0.3) is 0 Å². The highest BCUT2D eigenvalue weighted by Gasteiger charge is 2.31. The van der Waals surface area contributed by atoms with Crippen LogP contribution in [0.2, 0.25) is 0 Å². The van der Waals surface area contributed by atoms with Crippen molar-refractivity contribution in [2.24, 2.45) is 7.05 Å². The molecule has 0 bridgehead atoms. The van der Waals surface area contributed by atoms with Gasteiger partial charge in [-0.3, -0.25) is 4.79 Å². The minimum atomic E-state index is -0.0232. The molecular weight excluding hydrogens is 316 g/mol. The van der Waals surface area contributed by atoms with E-state index in [0.29, 0.717) is 18.8 Å². The first-order valence-electron chi connectivity index (χ1n) is 8.33. The van der Waals surface area contributed by atoms with Crippen LogP contribution in [-0.2, 0) is 20.0 Å². The van der Waals surface area contributed by atoms with Crippen LogP contribution in [0.1, 0.15) is 33.7 Å². The number of hydrogen-bond acceptors (Lipinski definition) is 4. The fourth-order valence-corrected chi connectivity index (χ4v) is 3.49. The molecule has 0 aliphatic carbocycles. The molecule has 4 rings (SSSR count). The lowest BCUT2D eigenvalue weighted by atomic mass is 10.0. The summed E-state index contributed by atoms with van der Waals surface area (Å²) in [4.78, 5) is 18.8. The molecule has 25 heavy (non-hydrogen) atoms. The molecule has 1 aromatic carbocycles. The van der Waals surface area contributed by atoms with Gasteiger partial charge in [-0.1, -0.05) is 30.3 Å². The smallest absolute Gasteiger partial charge is 0.272 e. The number of carbonyl (C=O) groups excluding carboxylic acids is 1. The number of rotatable bonds is 3. The lowest BCUT2D eigenvalue weighted by molar-refractivity contribution is 0.0662. The summed E-state index contributed by atoms with van der Waals surface area (Å²) in [6, 6.07) is 10.4. The molecule has 7 nitrogen and oxygen atoms in total. The molecule has 0 unspecified atom stereocenters. The Morgan fingerprint density at radius 2 is 2.04 bits per heavy atom. The van der Waals surface area contributed by atoms with Crippen molar-refractivity contribution in [3.05, 3.63) is 65.8 Å². The Balaban J connectivity index is 1.65. The van der Waals surface area contributed by atoms with Gasteiger partial charge in [-0.2, -0.15) is 0 Å². The van der Waals surface area contributed by atoms with Crippen LogP contribution < -0.4 is 0 Å². The molecule has 0 saturated carbocycles. The number of fused-ring (bicyclic) bond motifs is 1. The van der Waals surface area contributed by atoms with Gasteiger partial charge < -0.3 is 14.0 Å². The number of hydrogen-bond donors (Lipinski definition) is 0. The number of aromatic nitrogens is 5. The molecule has 2 aromatic heterocycles. The average Bonchev–Trinajstić information content (AvgIpc) is 3.21. The van der Waals surface area contributed by atoms with Crippen LogP contribution in [0.5, 0.6) is 0 Å². The summed E-state index contributed by atoms with van der Waals surface area (Å²) in [7, 11) is 1.83. The van der Waals surface area contributed by atoms with Gasteiger partial charge in [0.25, 0.3) is 5.91 Å². The van der Waals surface area contributed by atoms with Crippen molar-refractivity contribution in [2.75, 3.05) is 6.54 Å². The monoisotopic (exact) mass is 336 g/mol. The van der Waals surface area contributed by atoms with Crippen molar-refractivity contribution in [3.8, 4) is 0 Å². The van der Waals surface area contributed by atoms with E-state index in [1.807, 2.05) is 37.1 Å². The largest absolute Gasteiger partial charge is 0.330 e. The maximum Gasteiger partial charge on any atom is 0.272 e. The second-order valence-corrected chi connectivity index (χ2v) is 6.45. The molecule has 0 fully saturated rings. The fourth-order valence-electron chi connectivity index (χ4n) is 3.49. The van der Waals surface area contributed by atoms with Crippen molar-refractivity contribution in [2.45, 2.75) is 25.9 Å². The maximum atomic E-state index is 12.9. The maximum absolute atomic E-state index is 12.9. The molecule has 1 atom stereocenters. The summed E-state index contributed by atoms with van der Waals surface area (Å²) in [6.07, 6.45) is 4.09. The standard InChI is InChI=1S/C18H20N6O/c1-13-20-21-17-11-23(18(25)16-9-19-12-22(16)2)10-15(24(13)17)8-14-6-4-3-5-7-14/h3-7,9,12,15H,8,10-11H2,1-2H3/t15-/m1/s1. The highest BCUT2D eigenvalue weighted by molar-refractivity contribution is 5.92. The summed E-state index contributed by atoms with van der Waals surface area (Å²) in [5, 5.41) is 8.50. The molecule has 3 aromatic rings. The van der Waals surface area contributed by atoms with Gasteiger partial charge in [0.15, 0.2) is 5.82 Å². The fraction of sp³-hybridized carbons (Fsp3) is 0.333. The molecule has 0 radical (unpaired) electrons. The zero-order valence-electron chi connectivity index (χ0n) is 14.3. The van der Waals surface area contributed by atoms with E-state index in [4.69, 9.17) is 0 Å². The number of imidazole rings is 1. The van der Waals surface area contributed by atoms with Crippen LogP contribution in [0.3, 0.4) is 0 Å². The zero-order chi connectivity index (χ0) is 17.4. The molecule has 3 heterocycles. The van der Waals surface area contributed by atoms with Gasteiger partial charge in [-0.15, -0.1) is 10.2 Å². The first kappa shape index (κ1) is 15.6. The van der Waals surface area contributed by atoms with E-state index in [1.54, 1.807) is 17.1 Å². The van der Waals surface area contributed by atoms with E-state index in [2.05, 4.69) is 31.9 Å². The number of aryl methyl sites for hydroxylation is 2. The third-order valence-electron chi connectivity index (χ3n) is 4.70. The Morgan fingerprint density at radius 3 is 2.76 bits per heavy atom. The third kappa shape index (κ3) is 2.82. The molecule has 1 aliphatic rings. The lowest BCUT2D eigenvalue weighted by Crippen LogP contribution is -2.42. The predicted molar refractivity (Wildman–Crippen MR) is 91.9 cm³/mol. The van der Waals surface area contributed by atoms with Crippen molar-refractivity contribution in [1.82, 2.24) is 29.2 Å². The minimum absolute atomic E-state index is 0.0232. The summed E-state index contributed by atoms with van der Waals surface area (Å²) in [5.74, 6) is 1.70. The Bertz CT molecular complexity index is 897. The normalized spacial score (nSPS) is 16.7. The van der Waals surface area contributed by atoms with E-state index < -0.39 is 0 Å². The Labute approximate surface area is 145 Å². The highest BCUT2D eigenvalue weighted by atomic mass is 16.2. The number of nitrogens with zero attached hydrogens (tertiary/aromatic N) is 6. The molecule has 7 heteroatoms. The van der Waals surface area contributed by atoms with Gasteiger partial charge >= 0.3 is 0 Å². The molecule has 1 aliphatic heterocycles. The first-order chi connectivity index (χ1) is 12.1. The Morgan fingerprint density at radius 1 is 1.24 bits per heavy atom. The number of benzene rings is 1. The molecular formula is C18H20N6O. The molecule has 0 saturated heterocycles. The van der Waals surface area contributed by atoms with Crippen molar-refractivity contribution in [1.29, 1.82) is 0 Å². The topological polar surface area (TPSA) is 68.8 Å². The van der Waals surface area contributed by atoms with Crippen LogP contribution in [-0.4, -0.2) is 41.7 Å². The Hall–Kier alpha value is -2.96. The van der Waals surface area contributed by atoms with Gasteiger partial charge in [0, 0.05) is 13.6 Å². The minimum Gasteiger partial charge on any atom is -0.330 e. The molecule has 0 N–H and O–H groups in total. The predicted octanol–water partition coefficient (Wildman–Crippen LogP) is 1.76. The van der Waals surface area contributed by atoms with Gasteiger partial charge in [0.05, 0.1) is 25.1 Å². The molecule has 1 amide bonds. The second-order valence-electron chi connectivity index (χ2n) is 6.45. The lowest BCUT2D eigenvalue weighted by Gasteiger charge is -2.34. The number of amides is 1. The van der Waals surface area contributed by atoms with Crippen molar-refractivity contribution < 1.29 is 4.79 Å². The van der Waals surface area contributed by atoms with Gasteiger partial charge in [-0.05, 0) is 18.9 Å². The summed E-state index contributed by atoms with van der Waals surface area (Å²) < 4.78 is 3.92. The molecule has 128 valence electrons. The Kier molecular flexibility index (Phi) is 3.83. The quantitative estimate of drug-likeness (QED) is 0.731. The summed E-state index contributed by atoms with van der Waals surface area (Å²) in [5.41, 5.74) is 1.82. The second kappa shape index (κ2) is 6.16. The zero-order valence-corrected chi connectivity index (χ0v) is 14.3. The number of carbonyl (C=O) groups is 1. The molecule has 0 spiro atoms. The van der Waals surface area contributed by atoms with E-state index in [0.717, 1.165) is 18.1 Å². The van der Waals surface area contributed by atoms with E-state index in [1.165, 1.54) is 5.56 Å². The third-order valence-corrected chi connectivity index (χ3v) is 4.70. The van der Waals surface area contributed by atoms with Gasteiger partial charge in [0.1, 0.15) is 11.5 Å². The van der Waals surface area contributed by atoms with Crippen molar-refractivity contribution >= 4 is 5.91 Å². The summed E-state index contributed by atoms with van der Waals surface area (Å²) >= 11 is 0. The SMILES string of the molecule is Cc1nnc2n1[C@H](Cc1ccccc1)CN(C(=O)c1cncn1C)C2. The van der Waals surface area contributed by atoms with Crippen LogP contribution >= 0.6 is 0 Å². The van der Waals surface area contributed by atoms with E-state index in [-0.39, 0.29) is 11.9 Å². The van der Waals surface area contributed by atoms with Gasteiger partial charge in [-0.25, -0.2) is 4.98 Å². The first-order valence-corrected chi connectivity index (χ1v) is 8.33. The van der Waals surface area contributed by atoms with Crippen LogP contribution in [0, 0.1) is 6.92 Å². The average molecular weight is 336 g/mol. The van der Waals surface area contributed by atoms with Crippen LogP contribution in [0.4, 0.5) is 0 Å². The highest BCUT2D eigenvalue weighted by Crippen LogP contribution is 2.26. The summed E-state index contributed by atoms with van der Waals surface area (Å²) in [6.45, 7) is 3.06. The van der Waals surface area contributed by atoms with Crippen molar-refractivity contribution in [3.63, 3.8) is 0 Å².